The molecule has 0 fully saturated rings. The second-order valence-corrected chi connectivity index (χ2v) is 5.85. The molecule has 0 saturated carbocycles. The first-order valence-electron chi connectivity index (χ1n) is 7.57. The Hall–Kier alpha value is -2.27. The van der Waals surface area contributed by atoms with Gasteiger partial charge >= 0.3 is 0 Å². The fourth-order valence-corrected chi connectivity index (χ4v) is 3.10. The fraction of sp³-hybridized carbons (Fsp3) is 0.278. The van der Waals surface area contributed by atoms with Crippen molar-refractivity contribution in [1.29, 1.82) is 0 Å². The van der Waals surface area contributed by atoms with Gasteiger partial charge in [-0.25, -0.2) is 8.78 Å². The summed E-state index contributed by atoms with van der Waals surface area (Å²) in [6, 6.07) is 11.8. The standard InChI is InChI=1S/C18H18F2N2O/c1-22(17-9-6-12-4-2-3-5-14(12)17)11-18(23)21-13-7-8-15(19)16(20)10-13/h2-5,7-8,10,17H,6,9,11H2,1H3,(H,21,23)/t17-/m0/s1. The van der Waals surface area contributed by atoms with Crippen LogP contribution in [0.3, 0.4) is 0 Å². The minimum Gasteiger partial charge on any atom is -0.325 e. The van der Waals surface area contributed by atoms with Gasteiger partial charge in [-0.2, -0.15) is 0 Å². The van der Waals surface area contributed by atoms with Crippen LogP contribution >= 0.6 is 0 Å². The van der Waals surface area contributed by atoms with E-state index in [-0.39, 0.29) is 24.2 Å². The van der Waals surface area contributed by atoms with Crippen molar-refractivity contribution in [2.45, 2.75) is 18.9 Å². The molecule has 1 aliphatic carbocycles. The molecule has 0 heterocycles. The van der Waals surface area contributed by atoms with Crippen molar-refractivity contribution in [3.8, 4) is 0 Å². The van der Waals surface area contributed by atoms with Gasteiger partial charge in [-0.1, -0.05) is 24.3 Å². The molecule has 0 bridgehead atoms. The van der Waals surface area contributed by atoms with Crippen LogP contribution in [0.4, 0.5) is 14.5 Å². The van der Waals surface area contributed by atoms with E-state index >= 15 is 0 Å². The van der Waals surface area contributed by atoms with E-state index in [1.165, 1.54) is 17.2 Å². The van der Waals surface area contributed by atoms with Crippen molar-refractivity contribution in [1.82, 2.24) is 4.90 Å². The van der Waals surface area contributed by atoms with Gasteiger partial charge in [0.15, 0.2) is 11.6 Å². The number of halogens is 2. The minimum absolute atomic E-state index is 0.192. The minimum atomic E-state index is -0.971. The lowest BCUT2D eigenvalue weighted by molar-refractivity contribution is -0.117. The van der Waals surface area contributed by atoms with Gasteiger partial charge in [0.25, 0.3) is 0 Å². The predicted molar refractivity (Wildman–Crippen MR) is 85.1 cm³/mol. The number of amides is 1. The van der Waals surface area contributed by atoms with Gasteiger partial charge in [-0.3, -0.25) is 9.69 Å². The highest BCUT2D eigenvalue weighted by atomic mass is 19.2. The summed E-state index contributed by atoms with van der Waals surface area (Å²) in [5.74, 6) is -2.15. The first-order chi connectivity index (χ1) is 11.0. The Labute approximate surface area is 133 Å². The van der Waals surface area contributed by atoms with E-state index in [4.69, 9.17) is 0 Å². The summed E-state index contributed by atoms with van der Waals surface area (Å²) in [6.07, 6.45) is 1.99. The summed E-state index contributed by atoms with van der Waals surface area (Å²) in [4.78, 5) is 14.1. The Morgan fingerprint density at radius 1 is 1.22 bits per heavy atom. The van der Waals surface area contributed by atoms with E-state index in [1.807, 2.05) is 24.1 Å². The number of anilines is 1. The maximum atomic E-state index is 13.2. The number of carbonyl (C=O) groups excluding carboxylic acids is 1. The van der Waals surface area contributed by atoms with Crippen LogP contribution in [0.15, 0.2) is 42.5 Å². The normalized spacial score (nSPS) is 16.4. The number of likely N-dealkylation sites (N-methyl/N-ethyl adjacent to an activating group) is 1. The topological polar surface area (TPSA) is 32.3 Å². The van der Waals surface area contributed by atoms with Crippen LogP contribution in [-0.2, 0) is 11.2 Å². The Bertz CT molecular complexity index is 733. The zero-order valence-corrected chi connectivity index (χ0v) is 12.9. The highest BCUT2D eigenvalue weighted by Crippen LogP contribution is 2.34. The van der Waals surface area contributed by atoms with Crippen LogP contribution in [0.25, 0.3) is 0 Å². The van der Waals surface area contributed by atoms with Crippen LogP contribution in [0, 0.1) is 11.6 Å². The molecule has 23 heavy (non-hydrogen) atoms. The number of hydrogen-bond donors (Lipinski definition) is 1. The quantitative estimate of drug-likeness (QED) is 0.936. The van der Waals surface area contributed by atoms with Crippen molar-refractivity contribution in [3.05, 3.63) is 65.2 Å². The average Bonchev–Trinajstić information content (AvgIpc) is 2.95. The molecule has 0 spiro atoms. The largest absolute Gasteiger partial charge is 0.325 e. The third-order valence-corrected chi connectivity index (χ3v) is 4.23. The summed E-state index contributed by atoms with van der Waals surface area (Å²) in [6.45, 7) is 0.192. The van der Waals surface area contributed by atoms with Crippen molar-refractivity contribution in [3.63, 3.8) is 0 Å². The second-order valence-electron chi connectivity index (χ2n) is 5.85. The first-order valence-corrected chi connectivity index (χ1v) is 7.57. The molecule has 0 unspecified atom stereocenters. The monoisotopic (exact) mass is 316 g/mol. The molecule has 1 aliphatic rings. The lowest BCUT2D eigenvalue weighted by Gasteiger charge is -2.24. The number of rotatable bonds is 4. The number of nitrogens with one attached hydrogen (secondary N) is 1. The van der Waals surface area contributed by atoms with Gasteiger partial charge in [0.2, 0.25) is 5.91 Å². The van der Waals surface area contributed by atoms with E-state index in [2.05, 4.69) is 17.4 Å². The maximum absolute atomic E-state index is 13.2. The van der Waals surface area contributed by atoms with Gasteiger partial charge in [0.1, 0.15) is 0 Å². The number of nitrogens with zero attached hydrogens (tertiary/aromatic N) is 1. The molecular weight excluding hydrogens is 298 g/mol. The number of aryl methyl sites for hydroxylation is 1. The van der Waals surface area contributed by atoms with Crippen LogP contribution in [-0.4, -0.2) is 24.4 Å². The Morgan fingerprint density at radius 3 is 2.78 bits per heavy atom. The SMILES string of the molecule is CN(CC(=O)Nc1ccc(F)c(F)c1)[C@H]1CCc2ccccc21. The molecule has 2 aromatic carbocycles. The van der Waals surface area contributed by atoms with Crippen LogP contribution < -0.4 is 5.32 Å². The third-order valence-electron chi connectivity index (χ3n) is 4.23. The maximum Gasteiger partial charge on any atom is 0.238 e. The average molecular weight is 316 g/mol. The summed E-state index contributed by atoms with van der Waals surface area (Å²) in [5, 5.41) is 2.60. The zero-order chi connectivity index (χ0) is 16.4. The molecule has 0 aromatic heterocycles. The van der Waals surface area contributed by atoms with E-state index in [9.17, 15) is 13.6 Å². The highest BCUT2D eigenvalue weighted by molar-refractivity contribution is 5.92. The number of benzene rings is 2. The predicted octanol–water partition coefficient (Wildman–Crippen LogP) is 3.52. The number of carbonyl (C=O) groups is 1. The fourth-order valence-electron chi connectivity index (χ4n) is 3.10. The lowest BCUT2D eigenvalue weighted by Crippen LogP contribution is -2.32. The van der Waals surface area contributed by atoms with Crippen molar-refractivity contribution >= 4 is 11.6 Å². The van der Waals surface area contributed by atoms with E-state index in [0.717, 1.165) is 25.0 Å². The highest BCUT2D eigenvalue weighted by Gasteiger charge is 2.26. The molecule has 2 aromatic rings. The summed E-state index contributed by atoms with van der Waals surface area (Å²) >= 11 is 0. The van der Waals surface area contributed by atoms with E-state index < -0.39 is 11.6 Å². The zero-order valence-electron chi connectivity index (χ0n) is 12.9. The summed E-state index contributed by atoms with van der Waals surface area (Å²) in [5.41, 5.74) is 2.84. The summed E-state index contributed by atoms with van der Waals surface area (Å²) < 4.78 is 26.1. The summed E-state index contributed by atoms with van der Waals surface area (Å²) in [7, 11) is 1.90. The molecule has 0 aliphatic heterocycles. The molecule has 1 atom stereocenters. The van der Waals surface area contributed by atoms with Gasteiger partial charge in [0.05, 0.1) is 6.54 Å². The van der Waals surface area contributed by atoms with Crippen LogP contribution in [0.2, 0.25) is 0 Å². The number of fused-ring (bicyclic) bond motifs is 1. The van der Waals surface area contributed by atoms with Gasteiger partial charge in [-0.15, -0.1) is 0 Å². The van der Waals surface area contributed by atoms with Crippen molar-refractivity contribution in [2.75, 3.05) is 18.9 Å². The molecule has 0 saturated heterocycles. The van der Waals surface area contributed by atoms with E-state index in [0.29, 0.717) is 0 Å². The molecule has 5 heteroatoms. The molecule has 3 rings (SSSR count). The Morgan fingerprint density at radius 2 is 2.00 bits per heavy atom. The van der Waals surface area contributed by atoms with Gasteiger partial charge in [0, 0.05) is 17.8 Å². The smallest absolute Gasteiger partial charge is 0.238 e. The second kappa shape index (κ2) is 6.46. The van der Waals surface area contributed by atoms with Gasteiger partial charge < -0.3 is 5.32 Å². The van der Waals surface area contributed by atoms with Gasteiger partial charge in [-0.05, 0) is 43.1 Å². The molecule has 1 amide bonds. The molecule has 3 nitrogen and oxygen atoms in total. The van der Waals surface area contributed by atoms with Crippen molar-refractivity contribution in [2.24, 2.45) is 0 Å². The third kappa shape index (κ3) is 3.40. The lowest BCUT2D eigenvalue weighted by atomic mass is 10.1. The van der Waals surface area contributed by atoms with Crippen molar-refractivity contribution < 1.29 is 13.6 Å². The first kappa shape index (κ1) is 15.6. The molecule has 0 radical (unpaired) electrons. The Kier molecular flexibility index (Phi) is 4.39. The van der Waals surface area contributed by atoms with Crippen LogP contribution in [0.5, 0.6) is 0 Å². The molecule has 1 N–H and O–H groups in total. The Balaban J connectivity index is 1.63. The molecule has 120 valence electrons. The number of hydrogen-bond acceptors (Lipinski definition) is 2. The van der Waals surface area contributed by atoms with Crippen LogP contribution in [0.1, 0.15) is 23.6 Å². The molecular formula is C18H18F2N2O. The van der Waals surface area contributed by atoms with E-state index in [1.54, 1.807) is 0 Å².